The van der Waals surface area contributed by atoms with E-state index in [0.717, 1.165) is 10.7 Å². The van der Waals surface area contributed by atoms with Crippen LogP contribution in [0.15, 0.2) is 35.8 Å². The van der Waals surface area contributed by atoms with E-state index in [1.165, 1.54) is 11.3 Å². The molecule has 0 bridgehead atoms. The number of hydrogen-bond donors (Lipinski definition) is 1. The maximum absolute atomic E-state index is 11.1. The molecule has 1 unspecified atom stereocenters. The van der Waals surface area contributed by atoms with Crippen molar-refractivity contribution in [3.05, 3.63) is 45.9 Å². The number of carboxylic acids is 1. The molecular weight excluding hydrogens is 284 g/mol. The second-order valence-electron chi connectivity index (χ2n) is 4.05. The fourth-order valence-corrected chi connectivity index (χ4v) is 2.72. The minimum atomic E-state index is -0.886. The van der Waals surface area contributed by atoms with E-state index in [1.807, 2.05) is 18.4 Å². The van der Waals surface area contributed by atoms with E-state index in [2.05, 4.69) is 4.98 Å². The smallest absolute Gasteiger partial charge is 0.323 e. The van der Waals surface area contributed by atoms with Gasteiger partial charge in [0, 0.05) is 22.3 Å². The minimum Gasteiger partial charge on any atom is -0.480 e. The molecule has 2 aromatic rings. The van der Waals surface area contributed by atoms with Gasteiger partial charge < -0.3 is 10.0 Å². The Morgan fingerprint density at radius 2 is 2.37 bits per heavy atom. The number of halogens is 1. The first-order chi connectivity index (χ1) is 9.08. The lowest BCUT2D eigenvalue weighted by Gasteiger charge is -2.28. The zero-order valence-corrected chi connectivity index (χ0v) is 11.9. The lowest BCUT2D eigenvalue weighted by atomic mass is 10.2. The summed E-state index contributed by atoms with van der Waals surface area (Å²) in [6, 6.07) is 7.06. The Kier molecular flexibility index (Phi) is 4.39. The summed E-state index contributed by atoms with van der Waals surface area (Å²) in [6.45, 7) is 1.84. The number of nitrogens with zero attached hydrogens (tertiary/aromatic N) is 2. The highest BCUT2D eigenvalue weighted by atomic mass is 35.5. The van der Waals surface area contributed by atoms with Crippen LogP contribution in [0.25, 0.3) is 0 Å². The average molecular weight is 297 g/mol. The van der Waals surface area contributed by atoms with Gasteiger partial charge in [0.15, 0.2) is 0 Å². The number of carboxylic acid groups (broad SMARTS) is 1. The first-order valence-electron chi connectivity index (χ1n) is 5.71. The number of hydrogen-bond acceptors (Lipinski definition) is 4. The van der Waals surface area contributed by atoms with Gasteiger partial charge >= 0.3 is 5.97 Å². The van der Waals surface area contributed by atoms with E-state index in [4.69, 9.17) is 16.7 Å². The molecule has 0 spiro atoms. The van der Waals surface area contributed by atoms with Crippen molar-refractivity contribution in [2.24, 2.45) is 0 Å². The Bertz CT molecular complexity index is 560. The van der Waals surface area contributed by atoms with Gasteiger partial charge in [-0.25, -0.2) is 4.98 Å². The van der Waals surface area contributed by atoms with Crippen LogP contribution in [-0.4, -0.2) is 22.6 Å². The predicted molar refractivity (Wildman–Crippen MR) is 77.0 cm³/mol. The fraction of sp³-hybridized carbons (Fsp3) is 0.231. The Labute approximate surface area is 120 Å². The van der Waals surface area contributed by atoms with Crippen LogP contribution >= 0.6 is 22.9 Å². The van der Waals surface area contributed by atoms with Crippen LogP contribution in [0, 0.1) is 0 Å². The van der Waals surface area contributed by atoms with E-state index >= 15 is 0 Å². The highest BCUT2D eigenvalue weighted by molar-refractivity contribution is 7.09. The maximum atomic E-state index is 11.1. The van der Waals surface area contributed by atoms with Gasteiger partial charge in [-0.2, -0.15) is 0 Å². The highest BCUT2D eigenvalue weighted by Gasteiger charge is 2.21. The molecule has 2 rings (SSSR count). The second kappa shape index (κ2) is 6.04. The van der Waals surface area contributed by atoms with Gasteiger partial charge in [-0.3, -0.25) is 4.79 Å². The van der Waals surface area contributed by atoms with Crippen LogP contribution in [0.1, 0.15) is 18.0 Å². The van der Waals surface area contributed by atoms with E-state index in [9.17, 15) is 4.79 Å². The summed E-state index contributed by atoms with van der Waals surface area (Å²) in [5.74, 6) is -0.886. The van der Waals surface area contributed by atoms with Crippen LogP contribution in [0.4, 0.5) is 5.69 Å². The Morgan fingerprint density at radius 3 is 2.95 bits per heavy atom. The number of aliphatic carboxylic acids is 1. The summed E-state index contributed by atoms with van der Waals surface area (Å²) >= 11 is 7.47. The number of benzene rings is 1. The van der Waals surface area contributed by atoms with Crippen LogP contribution < -0.4 is 4.90 Å². The van der Waals surface area contributed by atoms with Gasteiger partial charge in [-0.05, 0) is 25.1 Å². The number of rotatable bonds is 5. The molecule has 0 fully saturated rings. The highest BCUT2D eigenvalue weighted by Crippen LogP contribution is 2.29. The number of aromatic nitrogens is 1. The van der Waals surface area contributed by atoms with Crippen molar-refractivity contribution in [3.8, 4) is 0 Å². The molecule has 0 saturated carbocycles. The quantitative estimate of drug-likeness (QED) is 0.918. The number of anilines is 1. The van der Waals surface area contributed by atoms with Gasteiger partial charge in [0.1, 0.15) is 11.6 Å². The Balaban J connectivity index is 2.33. The molecule has 0 amide bonds. The zero-order chi connectivity index (χ0) is 13.8. The van der Waals surface area contributed by atoms with Crippen molar-refractivity contribution in [3.63, 3.8) is 0 Å². The van der Waals surface area contributed by atoms with E-state index in [0.29, 0.717) is 5.02 Å². The molecule has 19 heavy (non-hydrogen) atoms. The van der Waals surface area contributed by atoms with Crippen molar-refractivity contribution >= 4 is 34.6 Å². The summed E-state index contributed by atoms with van der Waals surface area (Å²) in [5, 5.41) is 12.4. The molecule has 0 radical (unpaired) electrons. The van der Waals surface area contributed by atoms with Crippen molar-refractivity contribution < 1.29 is 9.90 Å². The van der Waals surface area contributed by atoms with Crippen molar-refractivity contribution in [2.45, 2.75) is 13.0 Å². The average Bonchev–Trinajstić information content (AvgIpc) is 2.88. The zero-order valence-electron chi connectivity index (χ0n) is 10.3. The first-order valence-corrected chi connectivity index (χ1v) is 6.97. The van der Waals surface area contributed by atoms with Crippen LogP contribution in [0.5, 0.6) is 0 Å². The molecule has 100 valence electrons. The summed E-state index contributed by atoms with van der Waals surface area (Å²) in [6.07, 6.45) is 1.72. The monoisotopic (exact) mass is 296 g/mol. The molecule has 4 nitrogen and oxygen atoms in total. The molecule has 1 aromatic heterocycles. The normalized spacial score (nSPS) is 12.1. The molecule has 0 saturated heterocycles. The van der Waals surface area contributed by atoms with Crippen molar-refractivity contribution in [1.29, 1.82) is 0 Å². The van der Waals surface area contributed by atoms with E-state index < -0.39 is 5.97 Å². The molecule has 1 N–H and O–H groups in total. The summed E-state index contributed by atoms with van der Waals surface area (Å²) in [4.78, 5) is 17.1. The van der Waals surface area contributed by atoms with Gasteiger partial charge in [0.05, 0.1) is 6.04 Å². The van der Waals surface area contributed by atoms with Crippen molar-refractivity contribution in [1.82, 2.24) is 4.98 Å². The molecule has 1 aromatic carbocycles. The topological polar surface area (TPSA) is 53.4 Å². The maximum Gasteiger partial charge on any atom is 0.323 e. The summed E-state index contributed by atoms with van der Waals surface area (Å²) in [7, 11) is 0. The van der Waals surface area contributed by atoms with Gasteiger partial charge in [0.25, 0.3) is 0 Å². The summed E-state index contributed by atoms with van der Waals surface area (Å²) in [5.41, 5.74) is 0.776. The first kappa shape index (κ1) is 13.8. The van der Waals surface area contributed by atoms with Gasteiger partial charge in [-0.1, -0.05) is 17.7 Å². The summed E-state index contributed by atoms with van der Waals surface area (Å²) < 4.78 is 0. The van der Waals surface area contributed by atoms with E-state index in [-0.39, 0.29) is 12.6 Å². The van der Waals surface area contributed by atoms with E-state index in [1.54, 1.807) is 29.3 Å². The van der Waals surface area contributed by atoms with Crippen LogP contribution in [0.3, 0.4) is 0 Å². The third kappa shape index (κ3) is 3.45. The largest absolute Gasteiger partial charge is 0.480 e. The Hall–Kier alpha value is -1.59. The molecule has 0 aliphatic carbocycles. The minimum absolute atomic E-state index is 0.0961. The lowest BCUT2D eigenvalue weighted by Crippen LogP contribution is -2.32. The van der Waals surface area contributed by atoms with Gasteiger partial charge in [0.2, 0.25) is 0 Å². The molecular formula is C13H13ClN2O2S. The molecule has 6 heteroatoms. The fourth-order valence-electron chi connectivity index (χ4n) is 1.83. The molecule has 0 aliphatic heterocycles. The number of thiazole rings is 1. The third-order valence-corrected chi connectivity index (χ3v) is 3.90. The molecule has 1 atom stereocenters. The predicted octanol–water partition coefficient (Wildman–Crippen LogP) is 3.45. The van der Waals surface area contributed by atoms with Crippen molar-refractivity contribution in [2.75, 3.05) is 11.4 Å². The van der Waals surface area contributed by atoms with Crippen LogP contribution in [0.2, 0.25) is 5.02 Å². The van der Waals surface area contributed by atoms with Gasteiger partial charge in [-0.15, -0.1) is 11.3 Å². The second-order valence-corrected chi connectivity index (χ2v) is 5.41. The molecule has 1 heterocycles. The lowest BCUT2D eigenvalue weighted by molar-refractivity contribution is -0.135. The number of carbonyl (C=O) groups is 1. The van der Waals surface area contributed by atoms with Crippen LogP contribution in [-0.2, 0) is 4.79 Å². The standard InChI is InChI=1S/C13H13ClN2O2S/c1-9(13-15-5-6-19-13)16(8-12(17)18)11-4-2-3-10(14)7-11/h2-7,9H,8H2,1H3,(H,17,18). The SMILES string of the molecule is CC(c1nccs1)N(CC(=O)O)c1cccc(Cl)c1. The molecule has 0 aliphatic rings. The Morgan fingerprint density at radius 1 is 1.58 bits per heavy atom. The third-order valence-electron chi connectivity index (χ3n) is 2.72.